The summed E-state index contributed by atoms with van der Waals surface area (Å²) >= 11 is 0. The summed E-state index contributed by atoms with van der Waals surface area (Å²) in [6.07, 6.45) is 3.56. The molecule has 1 aromatic heterocycles. The lowest BCUT2D eigenvalue weighted by Crippen LogP contribution is -2.09. The van der Waals surface area contributed by atoms with Crippen molar-refractivity contribution in [3.63, 3.8) is 0 Å². The highest BCUT2D eigenvalue weighted by molar-refractivity contribution is 5.87. The van der Waals surface area contributed by atoms with E-state index in [0.717, 1.165) is 17.1 Å². The topological polar surface area (TPSA) is 28.5 Å². The van der Waals surface area contributed by atoms with Gasteiger partial charge in [0.1, 0.15) is 0 Å². The zero-order chi connectivity index (χ0) is 17.8. The Morgan fingerprint density at radius 3 is 2.27 bits per heavy atom. The van der Waals surface area contributed by atoms with E-state index >= 15 is 0 Å². The molecule has 26 heavy (non-hydrogen) atoms. The fourth-order valence-corrected chi connectivity index (χ4v) is 2.85. The average Bonchev–Trinajstić information content (AvgIpc) is 2.70. The van der Waals surface area contributed by atoms with Crippen LogP contribution in [-0.4, -0.2) is 11.2 Å². The molecular formula is C23H19N3. The van der Waals surface area contributed by atoms with Crippen molar-refractivity contribution in [1.29, 1.82) is 0 Å². The molecule has 4 rings (SSSR count). The first kappa shape index (κ1) is 16.0. The molecule has 0 radical (unpaired) electrons. The summed E-state index contributed by atoms with van der Waals surface area (Å²) in [6, 6.07) is 28.9. The highest BCUT2D eigenvalue weighted by atomic mass is 15.5. The Morgan fingerprint density at radius 1 is 0.769 bits per heavy atom. The second-order valence-corrected chi connectivity index (χ2v) is 6.18. The van der Waals surface area contributed by atoms with Crippen LogP contribution >= 0.6 is 0 Å². The Hall–Kier alpha value is -3.46. The zero-order valence-electron chi connectivity index (χ0n) is 14.6. The summed E-state index contributed by atoms with van der Waals surface area (Å²) in [4.78, 5) is 4.33. The van der Waals surface area contributed by atoms with Crippen molar-refractivity contribution in [3.8, 4) is 0 Å². The lowest BCUT2D eigenvalue weighted by molar-refractivity contribution is 1.09. The van der Waals surface area contributed by atoms with Gasteiger partial charge in [0, 0.05) is 6.20 Å². The van der Waals surface area contributed by atoms with Crippen LogP contribution in [-0.2, 0) is 0 Å². The Labute approximate surface area is 153 Å². The molecule has 0 aliphatic rings. The van der Waals surface area contributed by atoms with Gasteiger partial charge in [-0.1, -0.05) is 54.1 Å². The molecule has 0 fully saturated rings. The van der Waals surface area contributed by atoms with Gasteiger partial charge in [-0.25, -0.2) is 5.01 Å². The molecule has 0 spiro atoms. The number of hydrogen-bond donors (Lipinski definition) is 0. The number of rotatable bonds is 4. The van der Waals surface area contributed by atoms with Gasteiger partial charge in [0.05, 0.1) is 23.3 Å². The smallest absolute Gasteiger partial charge is 0.0830 e. The second-order valence-electron chi connectivity index (χ2n) is 6.18. The van der Waals surface area contributed by atoms with Crippen molar-refractivity contribution in [2.24, 2.45) is 5.10 Å². The number of pyridine rings is 1. The maximum atomic E-state index is 4.72. The minimum Gasteiger partial charge on any atom is -0.255 e. The number of aromatic nitrogens is 1. The lowest BCUT2D eigenvalue weighted by Gasteiger charge is -2.20. The van der Waals surface area contributed by atoms with E-state index in [2.05, 4.69) is 78.6 Å². The fourth-order valence-electron chi connectivity index (χ4n) is 2.85. The summed E-state index contributed by atoms with van der Waals surface area (Å²) in [7, 11) is 0. The van der Waals surface area contributed by atoms with E-state index in [-0.39, 0.29) is 0 Å². The van der Waals surface area contributed by atoms with Crippen molar-refractivity contribution >= 4 is 28.4 Å². The predicted molar refractivity (Wildman–Crippen MR) is 109 cm³/mol. The normalized spacial score (nSPS) is 11.1. The van der Waals surface area contributed by atoms with Gasteiger partial charge in [-0.2, -0.15) is 5.10 Å². The number of benzene rings is 3. The van der Waals surface area contributed by atoms with E-state index in [4.69, 9.17) is 5.10 Å². The monoisotopic (exact) mass is 337 g/mol. The first-order valence-corrected chi connectivity index (χ1v) is 8.60. The third-order valence-electron chi connectivity index (χ3n) is 4.25. The second kappa shape index (κ2) is 7.19. The number of anilines is 2. The van der Waals surface area contributed by atoms with E-state index in [1.807, 2.05) is 23.2 Å². The highest BCUT2D eigenvalue weighted by Gasteiger charge is 2.09. The highest BCUT2D eigenvalue weighted by Crippen LogP contribution is 2.29. The van der Waals surface area contributed by atoms with Crippen molar-refractivity contribution in [3.05, 3.63) is 102 Å². The summed E-state index contributed by atoms with van der Waals surface area (Å²) < 4.78 is 0. The molecule has 0 amide bonds. The zero-order valence-corrected chi connectivity index (χ0v) is 14.6. The van der Waals surface area contributed by atoms with Crippen molar-refractivity contribution in [1.82, 2.24) is 4.98 Å². The summed E-state index contributed by atoms with van der Waals surface area (Å²) in [5.74, 6) is 0. The van der Waals surface area contributed by atoms with Gasteiger partial charge < -0.3 is 0 Å². The maximum absolute atomic E-state index is 4.72. The van der Waals surface area contributed by atoms with Gasteiger partial charge in [0.15, 0.2) is 0 Å². The molecule has 0 saturated heterocycles. The Kier molecular flexibility index (Phi) is 4.44. The molecule has 0 saturated carbocycles. The SMILES string of the molecule is Cc1ccc(N(/N=C/c2ccccn2)c2ccc3ccccc3c2)cc1. The standard InChI is InChI=1S/C23H19N3/c1-18-9-12-22(13-10-18)26(25-17-21-8-4-5-15-24-21)23-14-11-19-6-2-3-7-20(19)16-23/h2-17H,1H3/b25-17+. The lowest BCUT2D eigenvalue weighted by atomic mass is 10.1. The van der Waals surface area contributed by atoms with Gasteiger partial charge in [0.2, 0.25) is 0 Å². The summed E-state index contributed by atoms with van der Waals surface area (Å²) in [5.41, 5.74) is 4.07. The van der Waals surface area contributed by atoms with E-state index < -0.39 is 0 Å². The summed E-state index contributed by atoms with van der Waals surface area (Å²) in [6.45, 7) is 2.08. The summed E-state index contributed by atoms with van der Waals surface area (Å²) in [5, 5.41) is 9.07. The number of aryl methyl sites for hydroxylation is 1. The van der Waals surface area contributed by atoms with Crippen molar-refractivity contribution < 1.29 is 0 Å². The Bertz CT molecular complexity index is 1040. The minimum absolute atomic E-state index is 0.824. The van der Waals surface area contributed by atoms with Crippen LogP contribution in [0.5, 0.6) is 0 Å². The van der Waals surface area contributed by atoms with Crippen LogP contribution in [0.1, 0.15) is 11.3 Å². The molecule has 3 heteroatoms. The van der Waals surface area contributed by atoms with E-state index in [1.54, 1.807) is 12.4 Å². The Balaban J connectivity index is 1.78. The van der Waals surface area contributed by atoms with Crippen LogP contribution in [0.3, 0.4) is 0 Å². The Morgan fingerprint density at radius 2 is 1.50 bits per heavy atom. The van der Waals surface area contributed by atoms with Gasteiger partial charge in [0.25, 0.3) is 0 Å². The van der Waals surface area contributed by atoms with Gasteiger partial charge in [-0.05, 0) is 54.1 Å². The number of fused-ring (bicyclic) bond motifs is 1. The molecule has 0 aliphatic heterocycles. The van der Waals surface area contributed by atoms with Gasteiger partial charge in [-0.3, -0.25) is 4.98 Å². The molecule has 3 nitrogen and oxygen atoms in total. The first-order chi connectivity index (χ1) is 12.8. The molecule has 0 aliphatic carbocycles. The molecule has 126 valence electrons. The molecule has 0 unspecified atom stereocenters. The van der Waals surface area contributed by atoms with E-state index in [0.29, 0.717) is 0 Å². The molecule has 3 aromatic carbocycles. The maximum Gasteiger partial charge on any atom is 0.0830 e. The van der Waals surface area contributed by atoms with Gasteiger partial charge in [-0.15, -0.1) is 0 Å². The molecule has 0 bridgehead atoms. The number of hydrazone groups is 1. The predicted octanol–water partition coefficient (Wildman–Crippen LogP) is 5.72. The largest absolute Gasteiger partial charge is 0.255 e. The molecular weight excluding hydrogens is 318 g/mol. The average molecular weight is 337 g/mol. The molecule has 0 N–H and O–H groups in total. The quantitative estimate of drug-likeness (QED) is 0.352. The van der Waals surface area contributed by atoms with Crippen LogP contribution in [0.2, 0.25) is 0 Å². The van der Waals surface area contributed by atoms with Gasteiger partial charge >= 0.3 is 0 Å². The molecule has 1 heterocycles. The van der Waals surface area contributed by atoms with Crippen molar-refractivity contribution in [2.75, 3.05) is 5.01 Å². The molecule has 0 atom stereocenters. The fraction of sp³-hybridized carbons (Fsp3) is 0.0435. The van der Waals surface area contributed by atoms with Crippen molar-refractivity contribution in [2.45, 2.75) is 6.92 Å². The van der Waals surface area contributed by atoms with Crippen LogP contribution in [0.4, 0.5) is 11.4 Å². The first-order valence-electron chi connectivity index (χ1n) is 8.60. The van der Waals surface area contributed by atoms with Crippen LogP contribution in [0.25, 0.3) is 10.8 Å². The van der Waals surface area contributed by atoms with Crippen LogP contribution in [0, 0.1) is 6.92 Å². The third kappa shape index (κ3) is 3.47. The third-order valence-corrected chi connectivity index (χ3v) is 4.25. The molecule has 4 aromatic rings. The minimum atomic E-state index is 0.824. The number of hydrogen-bond acceptors (Lipinski definition) is 3. The van der Waals surface area contributed by atoms with E-state index in [1.165, 1.54) is 16.3 Å². The van der Waals surface area contributed by atoms with Crippen LogP contribution < -0.4 is 5.01 Å². The number of nitrogens with zero attached hydrogens (tertiary/aromatic N) is 3. The van der Waals surface area contributed by atoms with Crippen LogP contribution in [0.15, 0.2) is 96.2 Å². The van der Waals surface area contributed by atoms with E-state index in [9.17, 15) is 0 Å².